The van der Waals surface area contributed by atoms with Crippen LogP contribution in [-0.2, 0) is 0 Å². The van der Waals surface area contributed by atoms with Crippen LogP contribution in [0.4, 0.5) is 20.5 Å². The fourth-order valence-electron chi connectivity index (χ4n) is 2.62. The van der Waals surface area contributed by atoms with Crippen LogP contribution >= 0.6 is 0 Å². The number of aromatic amines is 1. The van der Waals surface area contributed by atoms with Crippen LogP contribution in [0.15, 0.2) is 48.8 Å². The molecule has 0 saturated heterocycles. The molecule has 0 aliphatic rings. The topological polar surface area (TPSA) is 66.5 Å². The van der Waals surface area contributed by atoms with Gasteiger partial charge >= 0.3 is 0 Å². The third-order valence-corrected chi connectivity index (χ3v) is 3.76. The van der Waals surface area contributed by atoms with Gasteiger partial charge in [-0.15, -0.1) is 0 Å². The summed E-state index contributed by atoms with van der Waals surface area (Å²) >= 11 is 0. The highest BCUT2D eigenvalue weighted by Crippen LogP contribution is 2.27. The lowest BCUT2D eigenvalue weighted by Crippen LogP contribution is -2.02. The van der Waals surface area contributed by atoms with E-state index in [9.17, 15) is 8.78 Å². The van der Waals surface area contributed by atoms with Crippen LogP contribution in [0.5, 0.6) is 0 Å². The van der Waals surface area contributed by atoms with Crippen LogP contribution < -0.4 is 5.32 Å². The average Bonchev–Trinajstić information content (AvgIpc) is 3.14. The Labute approximate surface area is 155 Å². The van der Waals surface area contributed by atoms with Gasteiger partial charge in [-0.1, -0.05) is 19.9 Å². The van der Waals surface area contributed by atoms with Crippen molar-refractivity contribution in [3.05, 3.63) is 66.1 Å². The smallest absolute Gasteiger partial charge is 0.229 e. The van der Waals surface area contributed by atoms with Gasteiger partial charge in [0.1, 0.15) is 17.3 Å². The third-order valence-electron chi connectivity index (χ3n) is 3.76. The van der Waals surface area contributed by atoms with Crippen molar-refractivity contribution in [2.24, 2.45) is 0 Å². The van der Waals surface area contributed by atoms with Gasteiger partial charge in [0.05, 0.1) is 6.20 Å². The van der Waals surface area contributed by atoms with E-state index in [0.29, 0.717) is 22.3 Å². The Kier molecular flexibility index (Phi) is 5.40. The normalized spacial score (nSPS) is 10.4. The first-order valence-electron chi connectivity index (χ1n) is 8.60. The zero-order valence-corrected chi connectivity index (χ0v) is 15.2. The highest BCUT2D eigenvalue weighted by Gasteiger charge is 2.13. The van der Waals surface area contributed by atoms with Crippen molar-refractivity contribution < 1.29 is 8.78 Å². The molecule has 2 N–H and O–H groups in total. The second-order valence-corrected chi connectivity index (χ2v) is 5.58. The van der Waals surface area contributed by atoms with E-state index >= 15 is 0 Å². The minimum atomic E-state index is -0.631. The van der Waals surface area contributed by atoms with E-state index in [1.807, 2.05) is 32.9 Å². The van der Waals surface area contributed by atoms with Crippen molar-refractivity contribution in [3.63, 3.8) is 0 Å². The summed E-state index contributed by atoms with van der Waals surface area (Å²) in [5.74, 6) is -0.347. The standard InChI is InChI=1S/C18H13F2N5.C2H6/c1-10-3-2-4-16(23-10)24-18-22-9-14(20)17(25-18)11-7-13(19)12-5-6-21-15(12)8-11;1-2/h2-9,21H,1H3,(H,22,23,24,25);1-2H3. The molecule has 0 fully saturated rings. The molecule has 0 aliphatic carbocycles. The molecule has 4 rings (SSSR count). The van der Waals surface area contributed by atoms with Crippen LogP contribution in [-0.4, -0.2) is 19.9 Å². The number of hydrogen-bond acceptors (Lipinski definition) is 4. The monoisotopic (exact) mass is 367 g/mol. The maximum Gasteiger partial charge on any atom is 0.229 e. The summed E-state index contributed by atoms with van der Waals surface area (Å²) in [5, 5.41) is 3.37. The van der Waals surface area contributed by atoms with Crippen LogP contribution in [0.1, 0.15) is 19.5 Å². The van der Waals surface area contributed by atoms with Crippen LogP contribution in [0.3, 0.4) is 0 Å². The number of rotatable bonds is 3. The Morgan fingerprint density at radius 2 is 1.81 bits per heavy atom. The molecular weight excluding hydrogens is 348 g/mol. The molecule has 3 aromatic heterocycles. The van der Waals surface area contributed by atoms with Gasteiger partial charge in [-0.05, 0) is 37.3 Å². The fourth-order valence-corrected chi connectivity index (χ4v) is 2.62. The lowest BCUT2D eigenvalue weighted by Gasteiger charge is -2.08. The molecule has 0 saturated carbocycles. The number of H-pyrrole nitrogens is 1. The van der Waals surface area contributed by atoms with Gasteiger partial charge in [0.2, 0.25) is 5.95 Å². The molecule has 4 aromatic rings. The highest BCUT2D eigenvalue weighted by atomic mass is 19.1. The number of nitrogens with zero attached hydrogens (tertiary/aromatic N) is 3. The van der Waals surface area contributed by atoms with Gasteiger partial charge in [0.25, 0.3) is 0 Å². The average molecular weight is 367 g/mol. The molecular formula is C20H19F2N5. The van der Waals surface area contributed by atoms with Crippen molar-refractivity contribution in [3.8, 4) is 11.3 Å². The Morgan fingerprint density at radius 3 is 2.59 bits per heavy atom. The number of aromatic nitrogens is 4. The van der Waals surface area contributed by atoms with Crippen molar-refractivity contribution in [1.82, 2.24) is 19.9 Å². The zero-order valence-electron chi connectivity index (χ0n) is 15.2. The second-order valence-electron chi connectivity index (χ2n) is 5.58. The molecule has 0 unspecified atom stereocenters. The molecule has 0 radical (unpaired) electrons. The summed E-state index contributed by atoms with van der Waals surface area (Å²) in [6, 6.07) is 9.99. The predicted molar refractivity (Wildman–Crippen MR) is 103 cm³/mol. The molecule has 0 amide bonds. The van der Waals surface area contributed by atoms with Crippen molar-refractivity contribution in [2.75, 3.05) is 5.32 Å². The van der Waals surface area contributed by atoms with E-state index < -0.39 is 11.6 Å². The molecule has 1 aromatic carbocycles. The molecule has 0 atom stereocenters. The lowest BCUT2D eigenvalue weighted by molar-refractivity contribution is 0.617. The van der Waals surface area contributed by atoms with Crippen molar-refractivity contribution in [1.29, 1.82) is 0 Å². The first-order valence-corrected chi connectivity index (χ1v) is 8.60. The number of anilines is 2. The SMILES string of the molecule is CC.Cc1cccc(Nc2ncc(F)c(-c3cc(F)c4cc[nH]c4c3)n2)n1. The predicted octanol–water partition coefficient (Wildman–Crippen LogP) is 5.38. The third kappa shape index (κ3) is 3.92. The number of aryl methyl sites for hydroxylation is 1. The Morgan fingerprint density at radius 1 is 1.00 bits per heavy atom. The Bertz CT molecular complexity index is 1080. The summed E-state index contributed by atoms with van der Waals surface area (Å²) in [6.07, 6.45) is 2.68. The molecule has 0 aliphatic heterocycles. The summed E-state index contributed by atoms with van der Waals surface area (Å²) < 4.78 is 28.4. The molecule has 138 valence electrons. The van der Waals surface area contributed by atoms with E-state index in [1.54, 1.807) is 24.4 Å². The molecule has 7 heteroatoms. The Balaban J connectivity index is 0.00000102. The minimum absolute atomic E-state index is 0.0144. The second kappa shape index (κ2) is 7.90. The van der Waals surface area contributed by atoms with E-state index in [-0.39, 0.29) is 11.6 Å². The molecule has 0 spiro atoms. The zero-order chi connectivity index (χ0) is 19.4. The van der Waals surface area contributed by atoms with E-state index in [2.05, 4.69) is 25.3 Å². The van der Waals surface area contributed by atoms with Crippen LogP contribution in [0, 0.1) is 18.6 Å². The fraction of sp³-hybridized carbons (Fsp3) is 0.150. The van der Waals surface area contributed by atoms with Gasteiger partial charge in [-0.3, -0.25) is 0 Å². The largest absolute Gasteiger partial charge is 0.361 e. The van der Waals surface area contributed by atoms with Gasteiger partial charge < -0.3 is 10.3 Å². The van der Waals surface area contributed by atoms with Gasteiger partial charge in [0, 0.05) is 28.4 Å². The van der Waals surface area contributed by atoms with Gasteiger partial charge in [-0.25, -0.2) is 23.7 Å². The lowest BCUT2D eigenvalue weighted by atomic mass is 10.1. The van der Waals surface area contributed by atoms with Gasteiger partial charge in [0.15, 0.2) is 5.82 Å². The molecule has 27 heavy (non-hydrogen) atoms. The highest BCUT2D eigenvalue weighted by molar-refractivity contribution is 5.85. The summed E-state index contributed by atoms with van der Waals surface area (Å²) in [7, 11) is 0. The Hall–Kier alpha value is -3.35. The summed E-state index contributed by atoms with van der Waals surface area (Å²) in [5.41, 5.74) is 1.74. The number of benzene rings is 1. The number of fused-ring (bicyclic) bond motifs is 1. The van der Waals surface area contributed by atoms with Gasteiger partial charge in [-0.2, -0.15) is 0 Å². The number of nitrogens with one attached hydrogen (secondary N) is 2. The van der Waals surface area contributed by atoms with E-state index in [1.165, 1.54) is 6.07 Å². The maximum atomic E-state index is 14.2. The molecule has 5 nitrogen and oxygen atoms in total. The molecule has 0 bridgehead atoms. The number of hydrogen-bond donors (Lipinski definition) is 2. The molecule has 3 heterocycles. The first-order chi connectivity index (χ1) is 13.1. The summed E-state index contributed by atoms with van der Waals surface area (Å²) in [4.78, 5) is 15.3. The van der Waals surface area contributed by atoms with Crippen molar-refractivity contribution in [2.45, 2.75) is 20.8 Å². The summed E-state index contributed by atoms with van der Waals surface area (Å²) in [6.45, 7) is 5.86. The first kappa shape index (κ1) is 18.4. The van der Waals surface area contributed by atoms with E-state index in [0.717, 1.165) is 11.9 Å². The van der Waals surface area contributed by atoms with Crippen molar-refractivity contribution >= 4 is 22.7 Å². The minimum Gasteiger partial charge on any atom is -0.361 e. The van der Waals surface area contributed by atoms with Crippen LogP contribution in [0.25, 0.3) is 22.2 Å². The van der Waals surface area contributed by atoms with E-state index in [4.69, 9.17) is 0 Å². The van der Waals surface area contributed by atoms with Crippen LogP contribution in [0.2, 0.25) is 0 Å². The maximum absolute atomic E-state index is 14.2. The number of pyridine rings is 1. The quantitative estimate of drug-likeness (QED) is 0.510. The number of halogens is 2.